The number of rotatable bonds is 8. The first-order chi connectivity index (χ1) is 13.6. The number of thiophene rings is 1. The lowest BCUT2D eigenvalue weighted by Gasteiger charge is -2.09. The quantitative estimate of drug-likeness (QED) is 0.535. The van der Waals surface area contributed by atoms with Gasteiger partial charge in [0.25, 0.3) is 0 Å². The van der Waals surface area contributed by atoms with E-state index < -0.39 is 0 Å². The largest absolute Gasteiger partial charge is 0.486 e. The van der Waals surface area contributed by atoms with Crippen molar-refractivity contribution in [3.63, 3.8) is 0 Å². The number of nitrogens with zero attached hydrogens (tertiary/aromatic N) is 4. The van der Waals surface area contributed by atoms with E-state index in [9.17, 15) is 4.79 Å². The maximum Gasteiger partial charge on any atom is 0.235 e. The van der Waals surface area contributed by atoms with Crippen molar-refractivity contribution in [1.29, 1.82) is 5.26 Å². The number of carbonyl (C=O) groups is 1. The zero-order valence-corrected chi connectivity index (χ0v) is 17.3. The molecule has 0 saturated heterocycles. The molecule has 2 aromatic heterocycles. The van der Waals surface area contributed by atoms with Crippen molar-refractivity contribution in [2.75, 3.05) is 11.1 Å². The van der Waals surface area contributed by atoms with Gasteiger partial charge in [-0.05, 0) is 42.6 Å². The summed E-state index contributed by atoms with van der Waals surface area (Å²) in [6.07, 6.45) is 0. The molecule has 0 bridgehead atoms. The second-order valence-corrected chi connectivity index (χ2v) is 7.79. The van der Waals surface area contributed by atoms with Crippen molar-refractivity contribution in [2.24, 2.45) is 0 Å². The van der Waals surface area contributed by atoms with E-state index in [1.807, 2.05) is 17.6 Å². The summed E-state index contributed by atoms with van der Waals surface area (Å²) < 4.78 is 7.63. The molecule has 1 amide bonds. The third-order valence-corrected chi connectivity index (χ3v) is 5.71. The van der Waals surface area contributed by atoms with Crippen LogP contribution >= 0.6 is 34.7 Å². The third-order valence-electron chi connectivity index (χ3n) is 3.66. The fraction of sp³-hybridized carbons (Fsp3) is 0.222. The fourth-order valence-electron chi connectivity index (χ4n) is 2.32. The molecule has 0 unspecified atom stereocenters. The van der Waals surface area contributed by atoms with Crippen LogP contribution in [0.4, 0.5) is 5.00 Å². The minimum absolute atomic E-state index is 0.166. The number of nitrogens with one attached hydrogen (secondary N) is 1. The number of amides is 1. The predicted molar refractivity (Wildman–Crippen MR) is 110 cm³/mol. The van der Waals surface area contributed by atoms with Gasteiger partial charge in [-0.1, -0.05) is 23.4 Å². The van der Waals surface area contributed by atoms with E-state index in [0.29, 0.717) is 38.9 Å². The molecule has 7 nitrogen and oxygen atoms in total. The van der Waals surface area contributed by atoms with Crippen molar-refractivity contribution < 1.29 is 9.53 Å². The number of halogens is 1. The van der Waals surface area contributed by atoms with Gasteiger partial charge in [-0.3, -0.25) is 4.79 Å². The van der Waals surface area contributed by atoms with Crippen molar-refractivity contribution in [2.45, 2.75) is 25.2 Å². The molecule has 0 atom stereocenters. The Morgan fingerprint density at radius 3 is 2.86 bits per heavy atom. The van der Waals surface area contributed by atoms with Gasteiger partial charge in [0.1, 0.15) is 23.4 Å². The molecule has 10 heteroatoms. The molecule has 2 heterocycles. The number of aromatic nitrogens is 3. The molecule has 1 aromatic carbocycles. The Balaban J connectivity index is 1.58. The molecule has 0 aliphatic heterocycles. The minimum atomic E-state index is -0.200. The van der Waals surface area contributed by atoms with Gasteiger partial charge in [-0.15, -0.1) is 21.5 Å². The normalized spacial score (nSPS) is 10.5. The topological polar surface area (TPSA) is 92.8 Å². The standard InChI is InChI=1S/C18H16ClN5O2S2/c1-2-24-15(10-26-14-5-3-13(19)4-6-14)22-23-18(24)28-11-16(25)21-17-12(9-20)7-8-27-17/h3-8H,2,10-11H2,1H3,(H,21,25). The Hall–Kier alpha value is -2.54. The molecule has 0 aliphatic carbocycles. The van der Waals surface area contributed by atoms with Gasteiger partial charge in [0, 0.05) is 11.6 Å². The summed E-state index contributed by atoms with van der Waals surface area (Å²) in [5.74, 6) is 1.32. The number of benzene rings is 1. The molecule has 0 saturated carbocycles. The Kier molecular flexibility index (Phi) is 6.92. The number of carbonyl (C=O) groups excluding carboxylic acids is 1. The first-order valence-corrected chi connectivity index (χ1v) is 10.6. The number of nitriles is 1. The highest BCUT2D eigenvalue weighted by Crippen LogP contribution is 2.24. The molecule has 0 radical (unpaired) electrons. The van der Waals surface area contributed by atoms with Crippen LogP contribution in [0, 0.1) is 11.3 Å². The SMILES string of the molecule is CCn1c(COc2ccc(Cl)cc2)nnc1SCC(=O)Nc1sccc1C#N. The molecule has 0 fully saturated rings. The average Bonchev–Trinajstić information content (AvgIpc) is 3.31. The molecule has 0 spiro atoms. The van der Waals surface area contributed by atoms with Crippen molar-refractivity contribution in [3.8, 4) is 11.8 Å². The number of ether oxygens (including phenoxy) is 1. The van der Waals surface area contributed by atoms with E-state index in [2.05, 4.69) is 15.5 Å². The first kappa shape index (κ1) is 20.2. The first-order valence-electron chi connectivity index (χ1n) is 8.31. The van der Waals surface area contributed by atoms with Crippen LogP contribution in [0.2, 0.25) is 5.02 Å². The van der Waals surface area contributed by atoms with E-state index in [1.165, 1.54) is 23.1 Å². The lowest BCUT2D eigenvalue weighted by atomic mass is 10.3. The molecule has 3 rings (SSSR count). The second kappa shape index (κ2) is 9.59. The van der Waals surface area contributed by atoms with E-state index in [-0.39, 0.29) is 18.3 Å². The number of hydrogen-bond donors (Lipinski definition) is 1. The molecule has 144 valence electrons. The summed E-state index contributed by atoms with van der Waals surface area (Å²) >= 11 is 8.47. The highest BCUT2D eigenvalue weighted by molar-refractivity contribution is 7.99. The van der Waals surface area contributed by atoms with Crippen molar-refractivity contribution >= 4 is 45.6 Å². The van der Waals surface area contributed by atoms with Gasteiger partial charge in [0.15, 0.2) is 11.0 Å². The lowest BCUT2D eigenvalue weighted by molar-refractivity contribution is -0.113. The van der Waals surface area contributed by atoms with E-state index in [4.69, 9.17) is 21.6 Å². The fourth-order valence-corrected chi connectivity index (χ4v) is 4.02. The molecule has 28 heavy (non-hydrogen) atoms. The Labute approximate surface area is 175 Å². The minimum Gasteiger partial charge on any atom is -0.486 e. The van der Waals surface area contributed by atoms with Crippen LogP contribution in [0.1, 0.15) is 18.3 Å². The summed E-state index contributed by atoms with van der Waals surface area (Å²) in [6, 6.07) is 10.8. The lowest BCUT2D eigenvalue weighted by Crippen LogP contribution is -2.14. The molecular weight excluding hydrogens is 418 g/mol. The second-order valence-electron chi connectivity index (χ2n) is 5.50. The van der Waals surface area contributed by atoms with Crippen LogP contribution in [0.5, 0.6) is 5.75 Å². The summed E-state index contributed by atoms with van der Waals surface area (Å²) in [4.78, 5) is 12.2. The van der Waals surface area contributed by atoms with Gasteiger partial charge in [0.2, 0.25) is 5.91 Å². The van der Waals surface area contributed by atoms with Gasteiger partial charge in [-0.25, -0.2) is 0 Å². The van der Waals surface area contributed by atoms with Gasteiger partial charge in [-0.2, -0.15) is 5.26 Å². The summed E-state index contributed by atoms with van der Waals surface area (Å²) in [6.45, 7) is 2.89. The van der Waals surface area contributed by atoms with Crippen LogP contribution in [-0.2, 0) is 17.9 Å². The maximum atomic E-state index is 12.2. The maximum absolute atomic E-state index is 12.2. The number of hydrogen-bond acceptors (Lipinski definition) is 7. The highest BCUT2D eigenvalue weighted by Gasteiger charge is 2.15. The van der Waals surface area contributed by atoms with E-state index in [1.54, 1.807) is 35.7 Å². The van der Waals surface area contributed by atoms with Crippen LogP contribution in [0.15, 0.2) is 40.9 Å². The average molecular weight is 434 g/mol. The van der Waals surface area contributed by atoms with Crippen molar-refractivity contribution in [1.82, 2.24) is 14.8 Å². The molecule has 3 aromatic rings. The Morgan fingerprint density at radius 2 is 2.14 bits per heavy atom. The zero-order valence-electron chi connectivity index (χ0n) is 14.9. The number of anilines is 1. The third kappa shape index (κ3) is 5.04. The van der Waals surface area contributed by atoms with Crippen LogP contribution in [-0.4, -0.2) is 26.4 Å². The molecular formula is C18H16ClN5O2S2. The van der Waals surface area contributed by atoms with Gasteiger partial charge >= 0.3 is 0 Å². The van der Waals surface area contributed by atoms with E-state index >= 15 is 0 Å². The van der Waals surface area contributed by atoms with Crippen LogP contribution in [0.3, 0.4) is 0 Å². The predicted octanol–water partition coefficient (Wildman–Crippen LogP) is 4.19. The summed E-state index contributed by atoms with van der Waals surface area (Å²) in [7, 11) is 0. The van der Waals surface area contributed by atoms with Crippen molar-refractivity contribution in [3.05, 3.63) is 52.1 Å². The van der Waals surface area contributed by atoms with Gasteiger partial charge in [0.05, 0.1) is 11.3 Å². The molecule has 1 N–H and O–H groups in total. The number of thioether (sulfide) groups is 1. The monoisotopic (exact) mass is 433 g/mol. The van der Waals surface area contributed by atoms with Gasteiger partial charge < -0.3 is 14.6 Å². The van der Waals surface area contributed by atoms with Crippen LogP contribution in [0.25, 0.3) is 0 Å². The summed E-state index contributed by atoms with van der Waals surface area (Å²) in [5, 5.41) is 23.7. The van der Waals surface area contributed by atoms with Crippen LogP contribution < -0.4 is 10.1 Å². The Morgan fingerprint density at radius 1 is 1.36 bits per heavy atom. The molecule has 0 aliphatic rings. The Bertz CT molecular complexity index is 994. The zero-order chi connectivity index (χ0) is 19.9. The summed E-state index contributed by atoms with van der Waals surface area (Å²) in [5.41, 5.74) is 0.460. The smallest absolute Gasteiger partial charge is 0.235 e. The highest BCUT2D eigenvalue weighted by atomic mass is 35.5. The van der Waals surface area contributed by atoms with E-state index in [0.717, 1.165) is 0 Å².